The predicted octanol–water partition coefficient (Wildman–Crippen LogP) is 6.67. The number of unbranched alkanes of at least 4 members (excludes halogenated alkanes) is 8. The van der Waals surface area contributed by atoms with Crippen LogP contribution in [0.5, 0.6) is 0 Å². The lowest BCUT2D eigenvalue weighted by Gasteiger charge is -2.08. The third-order valence-corrected chi connectivity index (χ3v) is 5.78. The second-order valence-electron chi connectivity index (χ2n) is 8.09. The maximum Gasteiger partial charge on any atom is 0.277 e. The van der Waals surface area contributed by atoms with Crippen molar-refractivity contribution in [1.82, 2.24) is 9.55 Å². The Labute approximate surface area is 174 Å². The van der Waals surface area contributed by atoms with Crippen molar-refractivity contribution in [2.24, 2.45) is 7.05 Å². The van der Waals surface area contributed by atoms with Crippen LogP contribution in [-0.4, -0.2) is 9.55 Å². The lowest BCUT2D eigenvalue weighted by Crippen LogP contribution is -2.20. The molecule has 0 saturated carbocycles. The first-order valence-corrected chi connectivity index (χ1v) is 11.3. The fourth-order valence-electron chi connectivity index (χ4n) is 3.94. The molecule has 0 aliphatic carbocycles. The molecule has 0 N–H and O–H groups in total. The topological polar surface area (TPSA) is 34.9 Å². The van der Waals surface area contributed by atoms with Gasteiger partial charge in [0, 0.05) is 12.6 Å². The van der Waals surface area contributed by atoms with Crippen molar-refractivity contribution in [3.05, 3.63) is 64.4 Å². The molecule has 29 heavy (non-hydrogen) atoms. The van der Waals surface area contributed by atoms with Gasteiger partial charge in [-0.25, -0.2) is 4.98 Å². The lowest BCUT2D eigenvalue weighted by molar-refractivity contribution is 0.565. The maximum atomic E-state index is 12.7. The summed E-state index contributed by atoms with van der Waals surface area (Å²) in [4.78, 5) is 17.3. The molecule has 0 radical (unpaired) electrons. The second-order valence-corrected chi connectivity index (χ2v) is 8.09. The van der Waals surface area contributed by atoms with E-state index in [1.165, 1.54) is 63.4 Å². The van der Waals surface area contributed by atoms with Gasteiger partial charge < -0.3 is 4.57 Å². The van der Waals surface area contributed by atoms with E-state index < -0.39 is 0 Å². The van der Waals surface area contributed by atoms with Gasteiger partial charge >= 0.3 is 0 Å². The van der Waals surface area contributed by atoms with Crippen molar-refractivity contribution in [3.8, 4) is 11.3 Å². The number of hydrogen-bond donors (Lipinski definition) is 0. The van der Waals surface area contributed by atoms with Crippen molar-refractivity contribution in [2.45, 2.75) is 71.1 Å². The minimum Gasteiger partial charge on any atom is -0.308 e. The van der Waals surface area contributed by atoms with E-state index in [2.05, 4.69) is 24.0 Å². The number of aromatic nitrogens is 2. The first kappa shape index (κ1) is 21.3. The van der Waals surface area contributed by atoms with Gasteiger partial charge in [0.05, 0.1) is 11.0 Å². The Morgan fingerprint density at radius 2 is 1.41 bits per heavy atom. The van der Waals surface area contributed by atoms with Gasteiger partial charge in [0.2, 0.25) is 0 Å². The molecule has 3 rings (SSSR count). The Bertz CT molecular complexity index is 957. The van der Waals surface area contributed by atoms with Crippen LogP contribution in [0.15, 0.2) is 53.3 Å². The van der Waals surface area contributed by atoms with Gasteiger partial charge in [-0.05, 0) is 30.5 Å². The molecule has 0 spiro atoms. The van der Waals surface area contributed by atoms with Gasteiger partial charge in [0.25, 0.3) is 5.56 Å². The van der Waals surface area contributed by atoms with Crippen LogP contribution < -0.4 is 5.56 Å². The van der Waals surface area contributed by atoms with Crippen LogP contribution >= 0.6 is 0 Å². The summed E-state index contributed by atoms with van der Waals surface area (Å²) in [6, 6.07) is 16.2. The summed E-state index contributed by atoms with van der Waals surface area (Å²) in [7, 11) is 1.81. The molecule has 154 valence electrons. The molecule has 3 nitrogen and oxygen atoms in total. The normalized spacial score (nSPS) is 11.2. The Hall–Kier alpha value is -2.42. The van der Waals surface area contributed by atoms with Crippen LogP contribution in [0.1, 0.15) is 70.3 Å². The molecule has 2 aromatic carbocycles. The number of para-hydroxylation sites is 2. The van der Waals surface area contributed by atoms with Crippen LogP contribution in [0.4, 0.5) is 0 Å². The summed E-state index contributed by atoms with van der Waals surface area (Å²) in [5.41, 5.74) is 4.43. The number of hydrogen-bond acceptors (Lipinski definition) is 2. The first-order valence-electron chi connectivity index (χ1n) is 11.3. The van der Waals surface area contributed by atoms with Crippen LogP contribution in [0, 0.1) is 0 Å². The third kappa shape index (κ3) is 5.79. The highest BCUT2D eigenvalue weighted by Gasteiger charge is 2.10. The molecule has 0 amide bonds. The molecule has 0 aliphatic rings. The zero-order valence-electron chi connectivity index (χ0n) is 18.0. The van der Waals surface area contributed by atoms with Gasteiger partial charge in [-0.1, -0.05) is 94.7 Å². The standard InChI is InChI=1S/C26H34N2O/c1-3-4-5-6-7-8-9-10-11-14-21-17-19-22(20-18-21)25-26(29)28(2)24-16-13-12-15-23(24)27-25/h12-13,15-20H,3-11,14H2,1-2H3. The molecular formula is C26H34N2O. The summed E-state index contributed by atoms with van der Waals surface area (Å²) in [6.07, 6.45) is 13.3. The number of rotatable bonds is 11. The lowest BCUT2D eigenvalue weighted by atomic mass is 10.0. The van der Waals surface area contributed by atoms with Gasteiger partial charge in [-0.2, -0.15) is 0 Å². The molecule has 0 saturated heterocycles. The van der Waals surface area contributed by atoms with Gasteiger partial charge in [-0.3, -0.25) is 4.79 Å². The number of aryl methyl sites for hydroxylation is 2. The average molecular weight is 391 g/mol. The SMILES string of the molecule is CCCCCCCCCCCc1ccc(-c2nc3ccccc3n(C)c2=O)cc1. The summed E-state index contributed by atoms with van der Waals surface area (Å²) in [5.74, 6) is 0. The van der Waals surface area contributed by atoms with E-state index >= 15 is 0 Å². The summed E-state index contributed by atoms with van der Waals surface area (Å²) < 4.78 is 1.69. The van der Waals surface area contributed by atoms with E-state index in [0.717, 1.165) is 23.0 Å². The fourth-order valence-corrected chi connectivity index (χ4v) is 3.94. The third-order valence-electron chi connectivity index (χ3n) is 5.78. The van der Waals surface area contributed by atoms with E-state index in [-0.39, 0.29) is 5.56 Å². The molecule has 1 heterocycles. The van der Waals surface area contributed by atoms with E-state index in [9.17, 15) is 4.79 Å². The van der Waals surface area contributed by atoms with Gasteiger partial charge in [0.1, 0.15) is 5.69 Å². The van der Waals surface area contributed by atoms with Crippen LogP contribution in [0.3, 0.4) is 0 Å². The Kier molecular flexibility index (Phi) is 8.03. The first-order chi connectivity index (χ1) is 14.2. The van der Waals surface area contributed by atoms with Crippen molar-refractivity contribution < 1.29 is 0 Å². The fraction of sp³-hybridized carbons (Fsp3) is 0.462. The van der Waals surface area contributed by atoms with Crippen molar-refractivity contribution >= 4 is 11.0 Å². The Morgan fingerprint density at radius 3 is 2.10 bits per heavy atom. The Morgan fingerprint density at radius 1 is 0.793 bits per heavy atom. The number of nitrogens with zero attached hydrogens (tertiary/aromatic N) is 2. The van der Waals surface area contributed by atoms with Crippen molar-refractivity contribution in [1.29, 1.82) is 0 Å². The molecular weight excluding hydrogens is 356 g/mol. The van der Waals surface area contributed by atoms with Crippen molar-refractivity contribution in [3.63, 3.8) is 0 Å². The zero-order chi connectivity index (χ0) is 20.5. The highest BCUT2D eigenvalue weighted by Crippen LogP contribution is 2.19. The average Bonchev–Trinajstić information content (AvgIpc) is 2.75. The minimum absolute atomic E-state index is 0.0459. The maximum absolute atomic E-state index is 12.7. The predicted molar refractivity (Wildman–Crippen MR) is 123 cm³/mol. The summed E-state index contributed by atoms with van der Waals surface area (Å²) >= 11 is 0. The van der Waals surface area contributed by atoms with Crippen LogP contribution in [0.2, 0.25) is 0 Å². The highest BCUT2D eigenvalue weighted by molar-refractivity contribution is 5.77. The minimum atomic E-state index is -0.0459. The monoisotopic (exact) mass is 390 g/mol. The second kappa shape index (κ2) is 10.9. The molecule has 0 unspecified atom stereocenters. The summed E-state index contributed by atoms with van der Waals surface area (Å²) in [5, 5.41) is 0. The number of benzene rings is 2. The van der Waals surface area contributed by atoms with E-state index in [4.69, 9.17) is 0 Å². The van der Waals surface area contributed by atoms with E-state index in [0.29, 0.717) is 5.69 Å². The summed E-state index contributed by atoms with van der Waals surface area (Å²) in [6.45, 7) is 2.27. The molecule has 0 aliphatic heterocycles. The van der Waals surface area contributed by atoms with Crippen LogP contribution in [0.25, 0.3) is 22.3 Å². The molecule has 0 atom stereocenters. The van der Waals surface area contributed by atoms with Gasteiger partial charge in [-0.15, -0.1) is 0 Å². The molecule has 3 aromatic rings. The molecule has 3 heteroatoms. The smallest absolute Gasteiger partial charge is 0.277 e. The largest absolute Gasteiger partial charge is 0.308 e. The molecule has 1 aromatic heterocycles. The van der Waals surface area contributed by atoms with Crippen molar-refractivity contribution in [2.75, 3.05) is 0 Å². The molecule has 0 fully saturated rings. The quantitative estimate of drug-likeness (QED) is 0.343. The number of fused-ring (bicyclic) bond motifs is 1. The van der Waals surface area contributed by atoms with E-state index in [1.807, 2.05) is 43.4 Å². The zero-order valence-corrected chi connectivity index (χ0v) is 18.0. The molecule has 0 bridgehead atoms. The van der Waals surface area contributed by atoms with E-state index in [1.54, 1.807) is 4.57 Å². The van der Waals surface area contributed by atoms with Gasteiger partial charge in [0.15, 0.2) is 0 Å². The van der Waals surface area contributed by atoms with Crippen LogP contribution in [-0.2, 0) is 13.5 Å². The highest BCUT2D eigenvalue weighted by atomic mass is 16.1. The Balaban J connectivity index is 1.53.